The molecule has 0 aliphatic heterocycles. The lowest BCUT2D eigenvalue weighted by molar-refractivity contribution is 0.250. The SMILES string of the molecule is CC1(CNCCO)Cc2oc(Cc3ccccc3)cc2C=C1F. The summed E-state index contributed by atoms with van der Waals surface area (Å²) in [7, 11) is 0. The third-order valence-electron chi connectivity index (χ3n) is 4.33. The highest BCUT2D eigenvalue weighted by Crippen LogP contribution is 2.40. The first kappa shape index (κ1) is 16.0. The molecule has 0 amide bonds. The van der Waals surface area contributed by atoms with E-state index in [1.807, 2.05) is 31.2 Å². The molecule has 3 rings (SSSR count). The molecule has 0 fully saturated rings. The lowest BCUT2D eigenvalue weighted by Gasteiger charge is -2.30. The number of benzene rings is 1. The molecular weight excluding hydrogens is 293 g/mol. The Morgan fingerprint density at radius 3 is 2.83 bits per heavy atom. The average molecular weight is 315 g/mol. The Balaban J connectivity index is 1.76. The molecule has 0 radical (unpaired) electrons. The van der Waals surface area contributed by atoms with E-state index in [1.165, 1.54) is 5.56 Å². The second-order valence-corrected chi connectivity index (χ2v) is 6.38. The first-order valence-electron chi connectivity index (χ1n) is 7.95. The van der Waals surface area contributed by atoms with E-state index in [4.69, 9.17) is 9.52 Å². The number of nitrogens with one attached hydrogen (secondary N) is 1. The fourth-order valence-corrected chi connectivity index (χ4v) is 2.98. The van der Waals surface area contributed by atoms with E-state index in [0.29, 0.717) is 25.9 Å². The third-order valence-corrected chi connectivity index (χ3v) is 4.33. The van der Waals surface area contributed by atoms with Crippen LogP contribution in [0.5, 0.6) is 0 Å². The molecule has 1 aliphatic carbocycles. The van der Waals surface area contributed by atoms with Crippen LogP contribution < -0.4 is 5.32 Å². The summed E-state index contributed by atoms with van der Waals surface area (Å²) in [6.07, 6.45) is 2.82. The molecule has 1 atom stereocenters. The molecule has 23 heavy (non-hydrogen) atoms. The summed E-state index contributed by atoms with van der Waals surface area (Å²) in [6.45, 7) is 2.87. The van der Waals surface area contributed by atoms with Crippen LogP contribution in [0.2, 0.25) is 0 Å². The van der Waals surface area contributed by atoms with Gasteiger partial charge in [0, 0.05) is 36.9 Å². The predicted molar refractivity (Wildman–Crippen MR) is 88.8 cm³/mol. The van der Waals surface area contributed by atoms with Gasteiger partial charge < -0.3 is 14.8 Å². The molecule has 0 saturated heterocycles. The van der Waals surface area contributed by atoms with Crippen molar-refractivity contribution in [3.8, 4) is 0 Å². The first-order chi connectivity index (χ1) is 11.1. The largest absolute Gasteiger partial charge is 0.465 e. The highest BCUT2D eigenvalue weighted by atomic mass is 19.1. The summed E-state index contributed by atoms with van der Waals surface area (Å²) >= 11 is 0. The summed E-state index contributed by atoms with van der Waals surface area (Å²) in [6, 6.07) is 12.0. The van der Waals surface area contributed by atoms with E-state index in [2.05, 4.69) is 17.4 Å². The van der Waals surface area contributed by atoms with Crippen LogP contribution in [0.4, 0.5) is 4.39 Å². The van der Waals surface area contributed by atoms with Crippen LogP contribution in [-0.2, 0) is 12.8 Å². The Kier molecular flexibility index (Phi) is 4.64. The smallest absolute Gasteiger partial charge is 0.112 e. The number of aliphatic hydroxyl groups excluding tert-OH is 1. The van der Waals surface area contributed by atoms with Gasteiger partial charge in [0.2, 0.25) is 0 Å². The molecule has 1 aromatic carbocycles. The van der Waals surface area contributed by atoms with Gasteiger partial charge in [0.25, 0.3) is 0 Å². The van der Waals surface area contributed by atoms with Gasteiger partial charge in [0.05, 0.1) is 6.61 Å². The molecule has 1 unspecified atom stereocenters. The van der Waals surface area contributed by atoms with Gasteiger partial charge in [-0.25, -0.2) is 4.39 Å². The number of furan rings is 1. The van der Waals surface area contributed by atoms with Crippen molar-refractivity contribution < 1.29 is 13.9 Å². The van der Waals surface area contributed by atoms with Gasteiger partial charge in [0.15, 0.2) is 0 Å². The standard InChI is InChI=1S/C19H22FNO2/c1-19(13-21-7-8-22)12-17-15(11-18(19)20)10-16(23-17)9-14-5-3-2-4-6-14/h2-6,10-11,21-22H,7-9,12-13H2,1H3. The summed E-state index contributed by atoms with van der Waals surface area (Å²) in [5.74, 6) is 1.56. The zero-order chi connectivity index (χ0) is 16.3. The van der Waals surface area contributed by atoms with E-state index in [1.54, 1.807) is 6.08 Å². The molecule has 1 aromatic heterocycles. The number of fused-ring (bicyclic) bond motifs is 1. The van der Waals surface area contributed by atoms with Crippen molar-refractivity contribution in [1.29, 1.82) is 0 Å². The van der Waals surface area contributed by atoms with Gasteiger partial charge in [-0.1, -0.05) is 37.3 Å². The average Bonchev–Trinajstić information content (AvgIpc) is 2.90. The maximum atomic E-state index is 14.5. The van der Waals surface area contributed by atoms with Crippen LogP contribution in [-0.4, -0.2) is 24.8 Å². The first-order valence-corrected chi connectivity index (χ1v) is 7.95. The summed E-state index contributed by atoms with van der Waals surface area (Å²) < 4.78 is 20.5. The minimum absolute atomic E-state index is 0.0502. The Labute approximate surface area is 135 Å². The van der Waals surface area contributed by atoms with E-state index < -0.39 is 5.41 Å². The van der Waals surface area contributed by atoms with Gasteiger partial charge in [-0.05, 0) is 17.7 Å². The molecule has 0 saturated carbocycles. The zero-order valence-corrected chi connectivity index (χ0v) is 13.3. The second-order valence-electron chi connectivity index (χ2n) is 6.38. The highest BCUT2D eigenvalue weighted by molar-refractivity contribution is 5.58. The van der Waals surface area contributed by atoms with Crippen LogP contribution in [0.15, 0.2) is 46.6 Å². The van der Waals surface area contributed by atoms with Crippen molar-refractivity contribution >= 4 is 6.08 Å². The molecule has 1 heterocycles. The summed E-state index contributed by atoms with van der Waals surface area (Å²) in [4.78, 5) is 0. The minimum Gasteiger partial charge on any atom is -0.465 e. The Morgan fingerprint density at radius 2 is 2.09 bits per heavy atom. The number of halogens is 1. The highest BCUT2D eigenvalue weighted by Gasteiger charge is 2.35. The molecule has 0 spiro atoms. The van der Waals surface area contributed by atoms with E-state index in [-0.39, 0.29) is 12.4 Å². The van der Waals surface area contributed by atoms with Crippen LogP contribution in [0, 0.1) is 5.41 Å². The van der Waals surface area contributed by atoms with Gasteiger partial charge in [0.1, 0.15) is 17.3 Å². The zero-order valence-electron chi connectivity index (χ0n) is 13.3. The van der Waals surface area contributed by atoms with Crippen molar-refractivity contribution in [3.05, 3.63) is 64.9 Å². The normalized spacial score (nSPS) is 20.2. The van der Waals surface area contributed by atoms with Crippen LogP contribution in [0.25, 0.3) is 6.08 Å². The Hall–Kier alpha value is -1.91. The molecule has 0 bridgehead atoms. The van der Waals surface area contributed by atoms with Gasteiger partial charge >= 0.3 is 0 Å². The topological polar surface area (TPSA) is 45.4 Å². The quantitative estimate of drug-likeness (QED) is 0.804. The van der Waals surface area contributed by atoms with Gasteiger partial charge in [-0.2, -0.15) is 0 Å². The van der Waals surface area contributed by atoms with Crippen LogP contribution in [0.1, 0.15) is 29.6 Å². The fourth-order valence-electron chi connectivity index (χ4n) is 2.98. The molecule has 122 valence electrons. The molecular formula is C19H22FNO2. The van der Waals surface area contributed by atoms with Gasteiger partial charge in [-0.15, -0.1) is 0 Å². The molecule has 4 heteroatoms. The Morgan fingerprint density at radius 1 is 1.30 bits per heavy atom. The molecule has 2 N–H and O–H groups in total. The minimum atomic E-state index is -0.621. The lowest BCUT2D eigenvalue weighted by Crippen LogP contribution is -2.36. The van der Waals surface area contributed by atoms with Crippen molar-refractivity contribution in [2.45, 2.75) is 19.8 Å². The number of hydrogen-bond donors (Lipinski definition) is 2. The Bertz CT molecular complexity index is 693. The van der Waals surface area contributed by atoms with E-state index >= 15 is 0 Å². The maximum Gasteiger partial charge on any atom is 0.112 e. The monoisotopic (exact) mass is 315 g/mol. The van der Waals surface area contributed by atoms with E-state index in [0.717, 1.165) is 17.1 Å². The van der Waals surface area contributed by atoms with Crippen molar-refractivity contribution in [3.63, 3.8) is 0 Å². The van der Waals surface area contributed by atoms with Crippen LogP contribution in [0.3, 0.4) is 0 Å². The number of aliphatic hydroxyl groups is 1. The molecule has 3 nitrogen and oxygen atoms in total. The number of rotatable bonds is 6. The third kappa shape index (κ3) is 3.54. The second kappa shape index (κ2) is 6.69. The molecule has 2 aromatic rings. The van der Waals surface area contributed by atoms with Crippen molar-refractivity contribution in [2.75, 3.05) is 19.7 Å². The van der Waals surface area contributed by atoms with Gasteiger partial charge in [-0.3, -0.25) is 0 Å². The molecule has 1 aliphatic rings. The maximum absolute atomic E-state index is 14.5. The summed E-state index contributed by atoms with van der Waals surface area (Å²) in [5.41, 5.74) is 1.40. The predicted octanol–water partition coefficient (Wildman–Crippen LogP) is 3.33. The lowest BCUT2D eigenvalue weighted by atomic mass is 9.79. The van der Waals surface area contributed by atoms with E-state index in [9.17, 15) is 4.39 Å². The van der Waals surface area contributed by atoms with Crippen LogP contribution >= 0.6 is 0 Å². The fraction of sp³-hybridized carbons (Fsp3) is 0.368. The van der Waals surface area contributed by atoms with Crippen molar-refractivity contribution in [2.24, 2.45) is 5.41 Å². The van der Waals surface area contributed by atoms with Crippen molar-refractivity contribution in [1.82, 2.24) is 5.32 Å². The number of hydrogen-bond acceptors (Lipinski definition) is 3. The summed E-state index contributed by atoms with van der Waals surface area (Å²) in [5, 5.41) is 11.9.